The first-order valence-corrected chi connectivity index (χ1v) is 13.1. The van der Waals surface area contributed by atoms with Crippen LogP contribution in [0.15, 0.2) is 77.7 Å². The highest BCUT2D eigenvalue weighted by Crippen LogP contribution is 2.20. The first-order chi connectivity index (χ1) is 16.8. The number of hydrogen-bond acceptors (Lipinski definition) is 5. The predicted molar refractivity (Wildman–Crippen MR) is 137 cm³/mol. The second kappa shape index (κ2) is 11.0. The lowest BCUT2D eigenvalue weighted by atomic mass is 10.1. The number of rotatable bonds is 8. The normalized spacial score (nSPS) is 16.6. The maximum atomic E-state index is 13.0. The van der Waals surface area contributed by atoms with E-state index in [1.807, 2.05) is 37.3 Å². The predicted octanol–water partition coefficient (Wildman–Crippen LogP) is 3.74. The van der Waals surface area contributed by atoms with Gasteiger partial charge in [0.15, 0.2) is 0 Å². The van der Waals surface area contributed by atoms with E-state index in [1.165, 1.54) is 17.7 Å². The van der Waals surface area contributed by atoms with Crippen LogP contribution in [0, 0.1) is 13.8 Å². The fourth-order valence-corrected chi connectivity index (χ4v) is 5.12. The first kappa shape index (κ1) is 24.9. The van der Waals surface area contributed by atoms with Crippen LogP contribution in [0.1, 0.15) is 27.0 Å². The minimum Gasteiger partial charge on any atom is -0.374 e. The molecule has 0 aromatic heterocycles. The molecule has 3 aromatic rings. The monoisotopic (exact) mass is 493 g/mol. The number of anilines is 1. The number of nitrogens with one attached hydrogen (secondary N) is 2. The highest BCUT2D eigenvalue weighted by atomic mass is 32.2. The van der Waals surface area contributed by atoms with Gasteiger partial charge in [-0.25, -0.2) is 8.42 Å². The number of carbonyl (C=O) groups is 1. The van der Waals surface area contributed by atoms with E-state index >= 15 is 0 Å². The number of sulfonamides is 1. The minimum absolute atomic E-state index is 0.0387. The van der Waals surface area contributed by atoms with Gasteiger partial charge in [0, 0.05) is 37.4 Å². The van der Waals surface area contributed by atoms with Gasteiger partial charge >= 0.3 is 0 Å². The number of ether oxygens (including phenoxy) is 1. The standard InChI is InChI=1S/C27H31N3O4S/c1-20-8-11-23(12-9-20)29-35(32,33)25-13-10-21(2)26(16-25)27(31)28-17-24-19-30(14-15-34-24)18-22-6-4-3-5-7-22/h3-13,16,24,29H,14-15,17-19H2,1-2H3,(H,28,31). The van der Waals surface area contributed by atoms with Crippen LogP contribution < -0.4 is 10.0 Å². The number of nitrogens with zero attached hydrogens (tertiary/aromatic N) is 1. The van der Waals surface area contributed by atoms with E-state index in [4.69, 9.17) is 4.74 Å². The van der Waals surface area contributed by atoms with Crippen LogP contribution in [-0.2, 0) is 21.3 Å². The van der Waals surface area contributed by atoms with Gasteiger partial charge in [-0.1, -0.05) is 54.1 Å². The van der Waals surface area contributed by atoms with Gasteiger partial charge in [-0.3, -0.25) is 14.4 Å². The third kappa shape index (κ3) is 6.69. The van der Waals surface area contributed by atoms with Crippen molar-refractivity contribution in [2.75, 3.05) is 31.0 Å². The second-order valence-corrected chi connectivity index (χ2v) is 10.6. The number of carbonyl (C=O) groups excluding carboxylic acids is 1. The fourth-order valence-electron chi connectivity index (χ4n) is 4.04. The van der Waals surface area contributed by atoms with Gasteiger partial charge < -0.3 is 10.1 Å². The summed E-state index contributed by atoms with van der Waals surface area (Å²) in [5, 5.41) is 2.92. The second-order valence-electron chi connectivity index (χ2n) is 8.87. The van der Waals surface area contributed by atoms with E-state index in [9.17, 15) is 13.2 Å². The summed E-state index contributed by atoms with van der Waals surface area (Å²) in [6.45, 7) is 7.06. The summed E-state index contributed by atoms with van der Waals surface area (Å²) >= 11 is 0. The molecule has 7 nitrogen and oxygen atoms in total. The van der Waals surface area contributed by atoms with Crippen molar-refractivity contribution < 1.29 is 17.9 Å². The molecule has 1 aliphatic rings. The summed E-state index contributed by atoms with van der Waals surface area (Å²) in [6, 6.07) is 21.9. The third-order valence-electron chi connectivity index (χ3n) is 6.03. The zero-order valence-corrected chi connectivity index (χ0v) is 20.8. The molecule has 8 heteroatoms. The molecule has 1 atom stereocenters. The maximum Gasteiger partial charge on any atom is 0.261 e. The molecule has 1 amide bonds. The number of amides is 1. The number of hydrogen-bond donors (Lipinski definition) is 2. The summed E-state index contributed by atoms with van der Waals surface area (Å²) in [4.78, 5) is 15.3. The van der Waals surface area contributed by atoms with Crippen molar-refractivity contribution in [2.45, 2.75) is 31.4 Å². The van der Waals surface area contributed by atoms with Gasteiger partial charge in [0.25, 0.3) is 15.9 Å². The lowest BCUT2D eigenvalue weighted by Gasteiger charge is -2.33. The lowest BCUT2D eigenvalue weighted by Crippen LogP contribution is -2.47. The van der Waals surface area contributed by atoms with Gasteiger partial charge in [0.05, 0.1) is 17.6 Å². The Morgan fingerprint density at radius 2 is 1.77 bits per heavy atom. The van der Waals surface area contributed by atoms with Crippen LogP contribution in [0.3, 0.4) is 0 Å². The van der Waals surface area contributed by atoms with E-state index in [-0.39, 0.29) is 16.9 Å². The van der Waals surface area contributed by atoms with E-state index in [0.717, 1.165) is 18.7 Å². The highest BCUT2D eigenvalue weighted by molar-refractivity contribution is 7.92. The SMILES string of the molecule is Cc1ccc(NS(=O)(=O)c2ccc(C)c(C(=O)NCC3CN(Cc4ccccc4)CCO3)c2)cc1. The number of aryl methyl sites for hydroxylation is 2. The molecule has 35 heavy (non-hydrogen) atoms. The van der Waals surface area contributed by atoms with Gasteiger partial charge in [-0.15, -0.1) is 0 Å². The molecule has 1 aliphatic heterocycles. The Balaban J connectivity index is 1.38. The van der Waals surface area contributed by atoms with E-state index in [0.29, 0.717) is 36.5 Å². The number of benzene rings is 3. The molecular formula is C27H31N3O4S. The zero-order chi connectivity index (χ0) is 24.8. The molecule has 1 saturated heterocycles. The van der Waals surface area contributed by atoms with Crippen LogP contribution in [0.5, 0.6) is 0 Å². The molecule has 0 radical (unpaired) electrons. The van der Waals surface area contributed by atoms with Crippen molar-refractivity contribution in [3.05, 3.63) is 95.1 Å². The summed E-state index contributed by atoms with van der Waals surface area (Å²) in [5.74, 6) is -0.321. The molecule has 1 fully saturated rings. The van der Waals surface area contributed by atoms with Crippen molar-refractivity contribution in [1.82, 2.24) is 10.2 Å². The van der Waals surface area contributed by atoms with Gasteiger partial charge in [0.1, 0.15) is 0 Å². The van der Waals surface area contributed by atoms with Crippen LogP contribution in [0.25, 0.3) is 0 Å². The van der Waals surface area contributed by atoms with Crippen molar-refractivity contribution in [3.8, 4) is 0 Å². The Morgan fingerprint density at radius 1 is 1.03 bits per heavy atom. The summed E-state index contributed by atoms with van der Waals surface area (Å²) in [6.07, 6.45) is -0.133. The van der Waals surface area contributed by atoms with Crippen LogP contribution in [0.4, 0.5) is 5.69 Å². The lowest BCUT2D eigenvalue weighted by molar-refractivity contribution is -0.0292. The average Bonchev–Trinajstić information content (AvgIpc) is 2.85. The molecule has 184 valence electrons. The Labute approximate surface area is 207 Å². The number of morpholine rings is 1. The van der Waals surface area contributed by atoms with Crippen LogP contribution in [-0.4, -0.2) is 51.6 Å². The van der Waals surface area contributed by atoms with Gasteiger partial charge in [-0.05, 0) is 49.2 Å². The minimum atomic E-state index is -3.83. The Kier molecular flexibility index (Phi) is 7.85. The molecule has 0 bridgehead atoms. The maximum absolute atomic E-state index is 13.0. The summed E-state index contributed by atoms with van der Waals surface area (Å²) in [5.41, 5.74) is 3.77. The van der Waals surface area contributed by atoms with E-state index in [1.54, 1.807) is 25.1 Å². The highest BCUT2D eigenvalue weighted by Gasteiger charge is 2.23. The van der Waals surface area contributed by atoms with Crippen molar-refractivity contribution in [1.29, 1.82) is 0 Å². The average molecular weight is 494 g/mol. The first-order valence-electron chi connectivity index (χ1n) is 11.7. The van der Waals surface area contributed by atoms with Crippen molar-refractivity contribution in [3.63, 3.8) is 0 Å². The molecule has 1 heterocycles. The largest absolute Gasteiger partial charge is 0.374 e. The molecule has 3 aromatic carbocycles. The fraction of sp³-hybridized carbons (Fsp3) is 0.296. The van der Waals surface area contributed by atoms with E-state index in [2.05, 4.69) is 27.1 Å². The smallest absolute Gasteiger partial charge is 0.261 e. The third-order valence-corrected chi connectivity index (χ3v) is 7.41. The van der Waals surface area contributed by atoms with Gasteiger partial charge in [0.2, 0.25) is 0 Å². The molecular weight excluding hydrogens is 462 g/mol. The quantitative estimate of drug-likeness (QED) is 0.499. The molecule has 4 rings (SSSR count). The van der Waals surface area contributed by atoms with Crippen LogP contribution >= 0.6 is 0 Å². The summed E-state index contributed by atoms with van der Waals surface area (Å²) < 4.78 is 34.2. The summed E-state index contributed by atoms with van der Waals surface area (Å²) in [7, 11) is -3.83. The van der Waals surface area contributed by atoms with Crippen molar-refractivity contribution in [2.24, 2.45) is 0 Å². The zero-order valence-electron chi connectivity index (χ0n) is 20.0. The molecule has 2 N–H and O–H groups in total. The van der Waals surface area contributed by atoms with Crippen molar-refractivity contribution >= 4 is 21.6 Å². The molecule has 0 aliphatic carbocycles. The molecule has 0 spiro atoms. The Morgan fingerprint density at radius 3 is 2.51 bits per heavy atom. The van der Waals surface area contributed by atoms with Crippen LogP contribution in [0.2, 0.25) is 0 Å². The molecule has 1 unspecified atom stereocenters. The van der Waals surface area contributed by atoms with Gasteiger partial charge in [-0.2, -0.15) is 0 Å². The molecule has 0 saturated carbocycles. The Hall–Kier alpha value is -3.20. The topological polar surface area (TPSA) is 87.7 Å². The Bertz CT molecular complexity index is 1260. The van der Waals surface area contributed by atoms with E-state index < -0.39 is 10.0 Å².